The van der Waals surface area contributed by atoms with E-state index < -0.39 is 0 Å². The summed E-state index contributed by atoms with van der Waals surface area (Å²) in [5, 5.41) is 1.72. The number of halogens is 1. The number of amides is 1. The van der Waals surface area contributed by atoms with E-state index in [-0.39, 0.29) is 5.91 Å². The molecule has 0 aromatic heterocycles. The number of benzene rings is 1. The second kappa shape index (κ2) is 2.41. The molecule has 0 atom stereocenters. The van der Waals surface area contributed by atoms with Gasteiger partial charge in [-0.1, -0.05) is 6.07 Å². The van der Waals surface area contributed by atoms with Crippen molar-refractivity contribution in [3.05, 3.63) is 32.3 Å². The van der Waals surface area contributed by atoms with Crippen LogP contribution < -0.4 is 10.6 Å². The number of carbonyl (C=O) groups excluding carboxylic acids is 1. The van der Waals surface area contributed by atoms with Crippen molar-refractivity contribution < 1.29 is 4.79 Å². The van der Waals surface area contributed by atoms with Crippen LogP contribution in [0.5, 0.6) is 0 Å². The van der Waals surface area contributed by atoms with Crippen molar-refractivity contribution in [2.75, 3.05) is 0 Å². The maximum atomic E-state index is 10.8. The first-order chi connectivity index (χ1) is 5.25. The minimum Gasteiger partial charge on any atom is -0.267 e. The first-order valence-electron chi connectivity index (χ1n) is 3.16. The minimum absolute atomic E-state index is 0.151. The summed E-state index contributed by atoms with van der Waals surface area (Å²) in [6, 6.07) is 5.77. The predicted octanol–water partition coefficient (Wildman–Crippen LogP) is 0.232. The van der Waals surface area contributed by atoms with E-state index in [9.17, 15) is 4.79 Å². The van der Waals surface area contributed by atoms with E-state index in [2.05, 4.69) is 27.6 Å². The molecule has 1 aliphatic rings. The first kappa shape index (κ1) is 6.97. The van der Waals surface area contributed by atoms with E-state index in [1.807, 2.05) is 18.2 Å². The number of carbonyl (C=O) groups is 1. The Labute approximate surface area is 76.8 Å². The van der Waals surface area contributed by atoms with Crippen LogP contribution in [0.2, 0.25) is 0 Å². The molecule has 0 fully saturated rings. The second-order valence-corrected chi connectivity index (χ2v) is 3.54. The third kappa shape index (κ3) is 1.20. The fourth-order valence-electron chi connectivity index (χ4n) is 1.02. The van der Waals surface area contributed by atoms with Crippen LogP contribution in [0.15, 0.2) is 23.2 Å². The third-order valence-electron chi connectivity index (χ3n) is 1.50. The van der Waals surface area contributed by atoms with Gasteiger partial charge in [0.15, 0.2) is 0 Å². The van der Waals surface area contributed by atoms with Gasteiger partial charge in [-0.05, 0) is 34.7 Å². The number of nitrogens with zero attached hydrogens (tertiary/aromatic N) is 1. The molecule has 0 saturated heterocycles. The van der Waals surface area contributed by atoms with Crippen LogP contribution in [0.1, 0.15) is 0 Å². The molecule has 0 radical (unpaired) electrons. The molecule has 0 aliphatic carbocycles. The van der Waals surface area contributed by atoms with Gasteiger partial charge in [0.25, 0.3) is 5.91 Å². The average Bonchev–Trinajstić information content (AvgIpc) is 2.27. The predicted molar refractivity (Wildman–Crippen MR) is 49.4 cm³/mol. The lowest BCUT2D eigenvalue weighted by Crippen LogP contribution is -2.20. The zero-order valence-electron chi connectivity index (χ0n) is 5.54. The molecular weight excluding hydrogens is 253 g/mol. The van der Waals surface area contributed by atoms with Crippen LogP contribution in [0.25, 0.3) is 6.08 Å². The van der Waals surface area contributed by atoms with Crippen LogP contribution in [0.4, 0.5) is 0 Å². The molecule has 1 heterocycles. The molecule has 0 unspecified atom stereocenters. The van der Waals surface area contributed by atoms with Crippen molar-refractivity contribution >= 4 is 34.6 Å². The molecule has 3 heteroatoms. The summed E-state index contributed by atoms with van der Waals surface area (Å²) in [6.45, 7) is 0. The van der Waals surface area contributed by atoms with E-state index >= 15 is 0 Å². The Hall–Kier alpha value is -0.710. The monoisotopic (exact) mass is 257 g/mol. The molecule has 2 rings (SSSR count). The van der Waals surface area contributed by atoms with Gasteiger partial charge < -0.3 is 0 Å². The third-order valence-corrected chi connectivity index (χ3v) is 2.17. The normalized spacial score (nSPS) is 13.7. The lowest BCUT2D eigenvalue weighted by Gasteiger charge is -1.84. The highest BCUT2D eigenvalue weighted by atomic mass is 127. The van der Waals surface area contributed by atoms with Crippen molar-refractivity contribution in [1.29, 1.82) is 0 Å². The molecule has 0 N–H and O–H groups in total. The summed E-state index contributed by atoms with van der Waals surface area (Å²) in [6.07, 6.45) is 1.55. The van der Waals surface area contributed by atoms with Gasteiger partial charge in [0.2, 0.25) is 0 Å². The van der Waals surface area contributed by atoms with Crippen molar-refractivity contribution in [1.82, 2.24) is 0 Å². The average molecular weight is 257 g/mol. The largest absolute Gasteiger partial charge is 0.270 e. The molecule has 0 spiro atoms. The minimum atomic E-state index is -0.151. The summed E-state index contributed by atoms with van der Waals surface area (Å²) in [4.78, 5) is 14.6. The number of rotatable bonds is 0. The van der Waals surface area contributed by atoms with Crippen molar-refractivity contribution in [3.63, 3.8) is 0 Å². The number of hydrogen-bond acceptors (Lipinski definition) is 1. The lowest BCUT2D eigenvalue weighted by atomic mass is 10.3. The van der Waals surface area contributed by atoms with Gasteiger partial charge in [-0.25, -0.2) is 4.99 Å². The quantitative estimate of drug-likeness (QED) is 0.612. The van der Waals surface area contributed by atoms with Gasteiger partial charge in [0.05, 0.1) is 5.36 Å². The highest BCUT2D eigenvalue weighted by Crippen LogP contribution is 1.97. The molecule has 2 nitrogen and oxygen atoms in total. The van der Waals surface area contributed by atoms with E-state index in [0.717, 1.165) is 14.1 Å². The summed E-state index contributed by atoms with van der Waals surface area (Å²) >= 11 is 2.20. The van der Waals surface area contributed by atoms with Crippen LogP contribution in [0, 0.1) is 3.57 Å². The van der Waals surface area contributed by atoms with Crippen LogP contribution in [-0.2, 0) is 4.79 Å². The Morgan fingerprint density at radius 1 is 1.36 bits per heavy atom. The van der Waals surface area contributed by atoms with Gasteiger partial charge >= 0.3 is 0 Å². The fourth-order valence-corrected chi connectivity index (χ4v) is 1.49. The summed E-state index contributed by atoms with van der Waals surface area (Å²) < 4.78 is 1.10. The highest BCUT2D eigenvalue weighted by molar-refractivity contribution is 14.1. The van der Waals surface area contributed by atoms with Gasteiger partial charge in [0, 0.05) is 14.9 Å². The topological polar surface area (TPSA) is 29.4 Å². The number of hydrogen-bond donors (Lipinski definition) is 0. The molecule has 1 aromatic rings. The molecule has 1 aliphatic heterocycles. The Kier molecular flexibility index (Phi) is 1.52. The summed E-state index contributed by atoms with van der Waals surface area (Å²) in [5.74, 6) is -0.151. The molecule has 1 aromatic carbocycles. The van der Waals surface area contributed by atoms with Crippen molar-refractivity contribution in [2.45, 2.75) is 0 Å². The van der Waals surface area contributed by atoms with Crippen LogP contribution >= 0.6 is 22.6 Å². The van der Waals surface area contributed by atoms with Crippen molar-refractivity contribution in [2.24, 2.45) is 4.99 Å². The smallest absolute Gasteiger partial charge is 0.267 e. The Balaban J connectivity index is 2.89. The number of fused-ring (bicyclic) bond motifs is 1. The highest BCUT2D eigenvalue weighted by Gasteiger charge is 2.01. The van der Waals surface area contributed by atoms with Crippen LogP contribution in [-0.4, -0.2) is 5.91 Å². The van der Waals surface area contributed by atoms with Crippen LogP contribution in [0.3, 0.4) is 0 Å². The Morgan fingerprint density at radius 2 is 2.18 bits per heavy atom. The Morgan fingerprint density at radius 3 is 3.00 bits per heavy atom. The maximum absolute atomic E-state index is 10.8. The van der Waals surface area contributed by atoms with Crippen molar-refractivity contribution in [3.8, 4) is 0 Å². The molecular formula is C8H4INO. The zero-order valence-corrected chi connectivity index (χ0v) is 7.70. The SMILES string of the molecule is O=C1C=c2ccc(I)cc2=N1. The zero-order chi connectivity index (χ0) is 7.84. The first-order valence-corrected chi connectivity index (χ1v) is 4.23. The molecule has 0 saturated carbocycles. The Bertz CT molecular complexity index is 436. The molecule has 1 amide bonds. The van der Waals surface area contributed by atoms with Gasteiger partial charge in [-0.3, -0.25) is 4.79 Å². The van der Waals surface area contributed by atoms with E-state index in [4.69, 9.17) is 0 Å². The molecule has 0 bridgehead atoms. The van der Waals surface area contributed by atoms with E-state index in [1.54, 1.807) is 6.08 Å². The molecule has 11 heavy (non-hydrogen) atoms. The van der Waals surface area contributed by atoms with Gasteiger partial charge in [0.1, 0.15) is 0 Å². The standard InChI is InChI=1S/C8H4INO/c9-6-2-1-5-3-8(11)10-7(5)4-6/h1-4H. The summed E-state index contributed by atoms with van der Waals surface area (Å²) in [5.41, 5.74) is 0. The van der Waals surface area contributed by atoms with E-state index in [1.165, 1.54) is 0 Å². The summed E-state index contributed by atoms with van der Waals surface area (Å²) in [7, 11) is 0. The lowest BCUT2D eigenvalue weighted by molar-refractivity contribution is -0.112. The second-order valence-electron chi connectivity index (χ2n) is 2.30. The van der Waals surface area contributed by atoms with Gasteiger partial charge in [-0.15, -0.1) is 0 Å². The maximum Gasteiger partial charge on any atom is 0.270 e. The molecule has 54 valence electrons. The van der Waals surface area contributed by atoms with Gasteiger partial charge in [-0.2, -0.15) is 0 Å². The fraction of sp³-hybridized carbons (Fsp3) is 0. The van der Waals surface area contributed by atoms with E-state index in [0.29, 0.717) is 0 Å².